The van der Waals surface area contributed by atoms with Crippen molar-refractivity contribution in [2.24, 2.45) is 0 Å². The van der Waals surface area contributed by atoms with Gasteiger partial charge in [0.05, 0.1) is 0 Å². The van der Waals surface area contributed by atoms with Crippen molar-refractivity contribution in [2.45, 2.75) is 31.7 Å². The predicted molar refractivity (Wildman–Crippen MR) is 90.5 cm³/mol. The van der Waals surface area contributed by atoms with Gasteiger partial charge in [-0.3, -0.25) is 9.59 Å². The summed E-state index contributed by atoms with van der Waals surface area (Å²) in [4.78, 5) is 24.5. The van der Waals surface area contributed by atoms with Crippen LogP contribution in [-0.2, 0) is 0 Å². The summed E-state index contributed by atoms with van der Waals surface area (Å²) in [5.41, 5.74) is -0.0106. The van der Waals surface area contributed by atoms with E-state index < -0.39 is 23.2 Å². The lowest BCUT2D eigenvalue weighted by molar-refractivity contribution is 0.0938. The Morgan fingerprint density at radius 2 is 1.44 bits per heavy atom. The van der Waals surface area contributed by atoms with Crippen LogP contribution in [0, 0.1) is 11.6 Å². The van der Waals surface area contributed by atoms with Crippen LogP contribution in [0.25, 0.3) is 0 Å². The zero-order chi connectivity index (χ0) is 17.8. The van der Waals surface area contributed by atoms with E-state index in [1.54, 1.807) is 12.1 Å². The van der Waals surface area contributed by atoms with Gasteiger partial charge in [0, 0.05) is 17.2 Å². The van der Waals surface area contributed by atoms with Gasteiger partial charge in [0.2, 0.25) is 0 Å². The molecule has 6 heteroatoms. The average Bonchev–Trinajstić information content (AvgIpc) is 3.11. The van der Waals surface area contributed by atoms with Gasteiger partial charge in [-0.2, -0.15) is 0 Å². The molecule has 2 amide bonds. The number of anilines is 1. The van der Waals surface area contributed by atoms with Crippen molar-refractivity contribution < 1.29 is 18.4 Å². The Hall–Kier alpha value is -2.76. The molecule has 2 N–H and O–H groups in total. The Morgan fingerprint density at radius 3 is 2.08 bits per heavy atom. The van der Waals surface area contributed by atoms with Gasteiger partial charge in [0.25, 0.3) is 11.8 Å². The fraction of sp³-hybridized carbons (Fsp3) is 0.263. The molecule has 25 heavy (non-hydrogen) atoms. The first-order valence-electron chi connectivity index (χ1n) is 8.21. The van der Waals surface area contributed by atoms with E-state index in [0.29, 0.717) is 5.56 Å². The van der Waals surface area contributed by atoms with E-state index in [9.17, 15) is 18.4 Å². The lowest BCUT2D eigenvalue weighted by atomic mass is 10.1. The number of para-hydroxylation sites is 1. The van der Waals surface area contributed by atoms with Crippen LogP contribution in [0.3, 0.4) is 0 Å². The summed E-state index contributed by atoms with van der Waals surface area (Å²) >= 11 is 0. The molecule has 0 aliphatic heterocycles. The number of carbonyl (C=O) groups excluding carboxylic acids is 2. The van der Waals surface area contributed by atoms with Gasteiger partial charge >= 0.3 is 0 Å². The lowest BCUT2D eigenvalue weighted by Crippen LogP contribution is -2.32. The molecule has 1 aliphatic rings. The van der Waals surface area contributed by atoms with Gasteiger partial charge in [-0.15, -0.1) is 0 Å². The number of amides is 2. The molecule has 0 bridgehead atoms. The Balaban J connectivity index is 1.74. The van der Waals surface area contributed by atoms with Crippen molar-refractivity contribution in [3.05, 3.63) is 65.2 Å². The first-order chi connectivity index (χ1) is 12.0. The van der Waals surface area contributed by atoms with E-state index in [1.165, 1.54) is 18.2 Å². The van der Waals surface area contributed by atoms with E-state index in [1.807, 2.05) is 0 Å². The molecule has 130 valence electrons. The Bertz CT molecular complexity index is 782. The number of nitrogens with one attached hydrogen (secondary N) is 2. The summed E-state index contributed by atoms with van der Waals surface area (Å²) in [5.74, 6) is -2.65. The van der Waals surface area contributed by atoms with Crippen LogP contribution in [0.1, 0.15) is 46.4 Å². The second-order valence-electron chi connectivity index (χ2n) is 6.09. The maximum atomic E-state index is 13.6. The van der Waals surface area contributed by atoms with E-state index in [4.69, 9.17) is 0 Å². The highest BCUT2D eigenvalue weighted by atomic mass is 19.1. The molecule has 0 aromatic heterocycles. The van der Waals surface area contributed by atoms with Crippen LogP contribution in [0.2, 0.25) is 0 Å². The predicted octanol–water partition coefficient (Wildman–Crippen LogP) is 3.89. The van der Waals surface area contributed by atoms with Crippen molar-refractivity contribution in [2.75, 3.05) is 5.32 Å². The minimum atomic E-state index is -0.858. The van der Waals surface area contributed by atoms with E-state index in [0.717, 1.165) is 37.8 Å². The van der Waals surface area contributed by atoms with Gasteiger partial charge in [0.1, 0.15) is 17.3 Å². The lowest BCUT2D eigenvalue weighted by Gasteiger charge is -2.12. The second-order valence-corrected chi connectivity index (χ2v) is 6.09. The minimum absolute atomic E-state index is 0.154. The van der Waals surface area contributed by atoms with Gasteiger partial charge in [-0.05, 0) is 43.2 Å². The first kappa shape index (κ1) is 17.1. The SMILES string of the molecule is O=C(Nc1c(F)cccc1F)c1cccc(C(=O)NC2CCCC2)c1. The maximum Gasteiger partial charge on any atom is 0.255 e. The summed E-state index contributed by atoms with van der Waals surface area (Å²) in [6.07, 6.45) is 4.11. The third-order valence-corrected chi connectivity index (χ3v) is 4.28. The first-order valence-corrected chi connectivity index (χ1v) is 8.21. The molecule has 0 saturated heterocycles. The van der Waals surface area contributed by atoms with Crippen LogP contribution in [0.4, 0.5) is 14.5 Å². The normalized spacial score (nSPS) is 14.3. The highest BCUT2D eigenvalue weighted by Crippen LogP contribution is 2.20. The van der Waals surface area contributed by atoms with Crippen molar-refractivity contribution in [3.63, 3.8) is 0 Å². The zero-order valence-electron chi connectivity index (χ0n) is 13.5. The standard InChI is InChI=1S/C19H18F2N2O2/c20-15-9-4-10-16(21)17(15)23-19(25)13-6-3-5-12(11-13)18(24)22-14-7-1-2-8-14/h3-6,9-11,14H,1-2,7-8H2,(H,22,24)(H,23,25). The van der Waals surface area contributed by atoms with E-state index >= 15 is 0 Å². The third kappa shape index (κ3) is 4.02. The largest absolute Gasteiger partial charge is 0.349 e. The molecule has 4 nitrogen and oxygen atoms in total. The number of carbonyl (C=O) groups is 2. The third-order valence-electron chi connectivity index (χ3n) is 4.28. The number of rotatable bonds is 4. The van der Waals surface area contributed by atoms with Crippen LogP contribution in [0.5, 0.6) is 0 Å². The fourth-order valence-corrected chi connectivity index (χ4v) is 2.94. The molecule has 0 atom stereocenters. The minimum Gasteiger partial charge on any atom is -0.349 e. The molecular formula is C19H18F2N2O2. The van der Waals surface area contributed by atoms with Gasteiger partial charge < -0.3 is 10.6 Å². The number of halogens is 2. The number of hydrogen-bond acceptors (Lipinski definition) is 2. The molecule has 0 spiro atoms. The highest BCUT2D eigenvalue weighted by molar-refractivity contribution is 6.06. The summed E-state index contributed by atoms with van der Waals surface area (Å²) in [5, 5.41) is 5.15. The Kier molecular flexibility index (Phi) is 5.07. The highest BCUT2D eigenvalue weighted by Gasteiger charge is 2.19. The molecule has 2 aromatic rings. The zero-order valence-corrected chi connectivity index (χ0v) is 13.5. The van der Waals surface area contributed by atoms with Gasteiger partial charge in [-0.1, -0.05) is 25.0 Å². The van der Waals surface area contributed by atoms with Crippen molar-refractivity contribution in [1.82, 2.24) is 5.32 Å². The van der Waals surface area contributed by atoms with Crippen molar-refractivity contribution in [1.29, 1.82) is 0 Å². The van der Waals surface area contributed by atoms with Crippen LogP contribution in [0.15, 0.2) is 42.5 Å². The quantitative estimate of drug-likeness (QED) is 0.884. The topological polar surface area (TPSA) is 58.2 Å². The van der Waals surface area contributed by atoms with Crippen molar-refractivity contribution >= 4 is 17.5 Å². The number of benzene rings is 2. The molecule has 1 saturated carbocycles. The smallest absolute Gasteiger partial charge is 0.255 e. The molecule has 2 aromatic carbocycles. The monoisotopic (exact) mass is 344 g/mol. The molecule has 0 heterocycles. The summed E-state index contributed by atoms with van der Waals surface area (Å²) in [6, 6.07) is 9.57. The number of hydrogen-bond donors (Lipinski definition) is 2. The Labute approximate surface area is 144 Å². The summed E-state index contributed by atoms with van der Waals surface area (Å²) in [7, 11) is 0. The van der Waals surface area contributed by atoms with Gasteiger partial charge in [-0.25, -0.2) is 8.78 Å². The Morgan fingerprint density at radius 1 is 0.880 bits per heavy atom. The summed E-state index contributed by atoms with van der Waals surface area (Å²) < 4.78 is 27.3. The molecule has 1 aliphatic carbocycles. The van der Waals surface area contributed by atoms with Crippen molar-refractivity contribution in [3.8, 4) is 0 Å². The van der Waals surface area contributed by atoms with Gasteiger partial charge in [0.15, 0.2) is 0 Å². The average molecular weight is 344 g/mol. The molecule has 1 fully saturated rings. The molecule has 3 rings (SSSR count). The van der Waals surface area contributed by atoms with Crippen LogP contribution < -0.4 is 10.6 Å². The second kappa shape index (κ2) is 7.42. The van der Waals surface area contributed by atoms with Crippen LogP contribution >= 0.6 is 0 Å². The maximum absolute atomic E-state index is 13.6. The molecular weight excluding hydrogens is 326 g/mol. The molecule has 0 unspecified atom stereocenters. The van der Waals surface area contributed by atoms with Crippen LogP contribution in [-0.4, -0.2) is 17.9 Å². The van der Waals surface area contributed by atoms with E-state index in [2.05, 4.69) is 10.6 Å². The van der Waals surface area contributed by atoms with E-state index in [-0.39, 0.29) is 17.5 Å². The summed E-state index contributed by atoms with van der Waals surface area (Å²) in [6.45, 7) is 0. The fourth-order valence-electron chi connectivity index (χ4n) is 2.94. The molecule has 0 radical (unpaired) electrons.